The van der Waals surface area contributed by atoms with E-state index < -0.39 is 0 Å². The van der Waals surface area contributed by atoms with Gasteiger partial charge in [-0.2, -0.15) is 5.10 Å². The molecule has 178 valence electrons. The fourth-order valence-corrected chi connectivity index (χ4v) is 5.53. The van der Waals surface area contributed by atoms with E-state index in [4.69, 9.17) is 10.7 Å². The number of H-pyrrole nitrogens is 1. The van der Waals surface area contributed by atoms with Crippen LogP contribution in [0.2, 0.25) is 0 Å². The number of anilines is 1. The molecule has 2 amide bonds. The van der Waals surface area contributed by atoms with Crippen LogP contribution in [-0.2, 0) is 0 Å². The normalized spacial score (nSPS) is 14.7. The lowest BCUT2D eigenvalue weighted by Crippen LogP contribution is -2.43. The summed E-state index contributed by atoms with van der Waals surface area (Å²) < 4.78 is 1.82. The second kappa shape index (κ2) is 8.35. The molecule has 10 nitrogen and oxygen atoms in total. The Morgan fingerprint density at radius 1 is 1.23 bits per heavy atom. The number of nitrogens with two attached hydrogens (primary N) is 1. The third-order valence-electron chi connectivity index (χ3n) is 6.57. The minimum atomic E-state index is 0.0396. The van der Waals surface area contributed by atoms with Gasteiger partial charge in [-0.05, 0) is 25.0 Å². The van der Waals surface area contributed by atoms with Crippen molar-refractivity contribution in [3.8, 4) is 22.0 Å². The quantitative estimate of drug-likeness (QED) is 0.399. The number of imidazole rings is 1. The molecule has 5 aromatic rings. The lowest BCUT2D eigenvalue weighted by molar-refractivity contribution is 0.155. The summed E-state index contributed by atoms with van der Waals surface area (Å²) in [4.78, 5) is 33.2. The van der Waals surface area contributed by atoms with Crippen LogP contribution in [0.4, 0.5) is 10.6 Å². The number of para-hydroxylation sites is 1. The van der Waals surface area contributed by atoms with Crippen LogP contribution in [0.5, 0.6) is 0 Å². The summed E-state index contributed by atoms with van der Waals surface area (Å²) in [6.07, 6.45) is 4.90. The molecule has 0 radical (unpaired) electrons. The van der Waals surface area contributed by atoms with Gasteiger partial charge in [-0.15, -0.1) is 11.3 Å². The minimum absolute atomic E-state index is 0.0396. The molecular formula is C24H25N9OS. The van der Waals surface area contributed by atoms with Gasteiger partial charge in [0.1, 0.15) is 28.4 Å². The van der Waals surface area contributed by atoms with Crippen LogP contribution in [0.3, 0.4) is 0 Å². The second-order valence-electron chi connectivity index (χ2n) is 8.95. The molecule has 0 aliphatic carbocycles. The smallest absolute Gasteiger partial charge is 0.319 e. The maximum atomic E-state index is 12.4. The van der Waals surface area contributed by atoms with Gasteiger partial charge in [-0.3, -0.25) is 0 Å². The van der Waals surface area contributed by atoms with Gasteiger partial charge in [0.25, 0.3) is 0 Å². The number of hydrogen-bond donors (Lipinski definition) is 2. The van der Waals surface area contributed by atoms with Crippen molar-refractivity contribution in [3.63, 3.8) is 0 Å². The van der Waals surface area contributed by atoms with E-state index in [2.05, 4.69) is 38.2 Å². The van der Waals surface area contributed by atoms with Gasteiger partial charge in [0.2, 0.25) is 0 Å². The first-order valence-electron chi connectivity index (χ1n) is 11.5. The number of aromatic amines is 1. The number of carbonyl (C=O) groups is 1. The van der Waals surface area contributed by atoms with Crippen LogP contribution in [0.15, 0.2) is 42.2 Å². The molecule has 1 fully saturated rings. The van der Waals surface area contributed by atoms with E-state index in [1.54, 1.807) is 30.3 Å². The van der Waals surface area contributed by atoms with Gasteiger partial charge in [-0.25, -0.2) is 24.3 Å². The predicted molar refractivity (Wildman–Crippen MR) is 136 cm³/mol. The minimum Gasteiger partial charge on any atom is -0.382 e. The summed E-state index contributed by atoms with van der Waals surface area (Å²) in [6, 6.07) is 8.30. The molecule has 1 aromatic carbocycles. The van der Waals surface area contributed by atoms with Crippen molar-refractivity contribution in [2.24, 2.45) is 0 Å². The topological polar surface area (TPSA) is 121 Å². The highest BCUT2D eigenvalue weighted by Crippen LogP contribution is 2.37. The molecular weight excluding hydrogens is 462 g/mol. The van der Waals surface area contributed by atoms with Gasteiger partial charge in [0, 0.05) is 55.6 Å². The Morgan fingerprint density at radius 3 is 2.80 bits per heavy atom. The Hall–Kier alpha value is -3.99. The molecule has 1 saturated heterocycles. The van der Waals surface area contributed by atoms with Crippen molar-refractivity contribution in [1.29, 1.82) is 0 Å². The fourth-order valence-electron chi connectivity index (χ4n) is 4.86. The van der Waals surface area contributed by atoms with Crippen LogP contribution >= 0.6 is 11.3 Å². The summed E-state index contributed by atoms with van der Waals surface area (Å²) in [5, 5.41) is 8.51. The van der Waals surface area contributed by atoms with Crippen molar-refractivity contribution >= 4 is 39.6 Å². The van der Waals surface area contributed by atoms with E-state index in [-0.39, 0.29) is 11.9 Å². The van der Waals surface area contributed by atoms with Gasteiger partial charge in [-0.1, -0.05) is 12.1 Å². The molecule has 1 aliphatic heterocycles. The number of benzene rings is 1. The van der Waals surface area contributed by atoms with E-state index in [1.165, 1.54) is 6.33 Å². The zero-order chi connectivity index (χ0) is 24.1. The number of aromatic nitrogens is 6. The molecule has 0 unspecified atom stereocenters. The van der Waals surface area contributed by atoms with Gasteiger partial charge < -0.3 is 20.5 Å². The number of piperidine rings is 1. The Bertz CT molecular complexity index is 1530. The number of urea groups is 1. The van der Waals surface area contributed by atoms with E-state index in [9.17, 15) is 4.79 Å². The van der Waals surface area contributed by atoms with Crippen molar-refractivity contribution in [2.75, 3.05) is 32.9 Å². The highest BCUT2D eigenvalue weighted by atomic mass is 32.1. The van der Waals surface area contributed by atoms with Crippen LogP contribution < -0.4 is 5.73 Å². The fraction of sp³-hybridized carbons (Fsp3) is 0.292. The van der Waals surface area contributed by atoms with Crippen LogP contribution in [-0.4, -0.2) is 72.6 Å². The van der Waals surface area contributed by atoms with Crippen LogP contribution in [0, 0.1) is 0 Å². The second-order valence-corrected chi connectivity index (χ2v) is 9.85. The number of nitrogens with one attached hydrogen (secondary N) is 1. The lowest BCUT2D eigenvalue weighted by atomic mass is 9.96. The number of fused-ring (bicyclic) bond motifs is 2. The number of carbonyl (C=O) groups excluding carboxylic acids is 1. The zero-order valence-electron chi connectivity index (χ0n) is 19.5. The number of hydrogen-bond acceptors (Lipinski definition) is 7. The summed E-state index contributed by atoms with van der Waals surface area (Å²) in [6.45, 7) is 1.35. The average molecular weight is 488 g/mol. The van der Waals surface area contributed by atoms with Crippen molar-refractivity contribution in [2.45, 2.75) is 18.8 Å². The average Bonchev–Trinajstić information content (AvgIpc) is 3.62. The van der Waals surface area contributed by atoms with E-state index in [1.807, 2.05) is 27.1 Å². The summed E-state index contributed by atoms with van der Waals surface area (Å²) >= 11 is 1.61. The molecule has 6 rings (SSSR count). The Labute approximate surface area is 205 Å². The molecule has 35 heavy (non-hydrogen) atoms. The molecule has 0 bridgehead atoms. The molecule has 1 aliphatic rings. The number of rotatable bonds is 3. The van der Waals surface area contributed by atoms with Crippen LogP contribution in [0.25, 0.3) is 38.4 Å². The van der Waals surface area contributed by atoms with E-state index >= 15 is 0 Å². The molecule has 3 N–H and O–H groups in total. The molecule has 0 atom stereocenters. The highest BCUT2D eigenvalue weighted by Gasteiger charge is 2.30. The molecule has 0 spiro atoms. The Kier molecular flexibility index (Phi) is 5.14. The SMILES string of the molecule is CN(C)C(=O)N1CCC(c2nc(-c3cc4cccc(-c5nccs5)c4[nH]3)c3c(N)ncnn23)CC1. The summed E-state index contributed by atoms with van der Waals surface area (Å²) in [7, 11) is 3.56. The lowest BCUT2D eigenvalue weighted by Gasteiger charge is -2.33. The maximum absolute atomic E-state index is 12.4. The number of nitrogens with zero attached hydrogens (tertiary/aromatic N) is 7. The highest BCUT2D eigenvalue weighted by molar-refractivity contribution is 7.13. The number of thiazole rings is 1. The van der Waals surface area contributed by atoms with Crippen molar-refractivity contribution in [3.05, 3.63) is 48.0 Å². The molecule has 5 heterocycles. The third kappa shape index (κ3) is 3.59. The van der Waals surface area contributed by atoms with Gasteiger partial charge in [0.05, 0.1) is 11.2 Å². The molecule has 4 aromatic heterocycles. The van der Waals surface area contributed by atoms with E-state index in [0.29, 0.717) is 24.4 Å². The summed E-state index contributed by atoms with van der Waals surface area (Å²) in [5.41, 5.74) is 10.7. The van der Waals surface area contributed by atoms with Gasteiger partial charge >= 0.3 is 6.03 Å². The monoisotopic (exact) mass is 487 g/mol. The first kappa shape index (κ1) is 21.5. The first-order chi connectivity index (χ1) is 17.0. The molecule has 0 saturated carbocycles. The standard InChI is InChI=1S/C24H25N9OS/c1-31(2)24(34)32-9-6-14(7-10-32)22-30-19(20-21(25)27-13-28-33(20)22)17-12-15-4-3-5-16(18(15)29-17)23-26-8-11-35-23/h3-5,8,11-14,29H,6-7,9-10H2,1-2H3,(H2,25,27,28). The summed E-state index contributed by atoms with van der Waals surface area (Å²) in [5.74, 6) is 1.39. The largest absolute Gasteiger partial charge is 0.382 e. The van der Waals surface area contributed by atoms with Crippen molar-refractivity contribution in [1.82, 2.24) is 39.3 Å². The number of amides is 2. The Morgan fingerprint density at radius 2 is 2.06 bits per heavy atom. The first-order valence-corrected chi connectivity index (χ1v) is 12.4. The third-order valence-corrected chi connectivity index (χ3v) is 7.38. The number of likely N-dealkylation sites (tertiary alicyclic amines) is 1. The van der Waals surface area contributed by atoms with Gasteiger partial charge in [0.15, 0.2) is 5.82 Å². The number of nitrogen functional groups attached to an aromatic ring is 1. The van der Waals surface area contributed by atoms with E-state index in [0.717, 1.165) is 51.5 Å². The predicted octanol–water partition coefficient (Wildman–Crippen LogP) is 3.84. The van der Waals surface area contributed by atoms with Crippen LogP contribution in [0.1, 0.15) is 24.6 Å². The Balaban J connectivity index is 1.42. The van der Waals surface area contributed by atoms with Crippen molar-refractivity contribution < 1.29 is 4.79 Å². The maximum Gasteiger partial charge on any atom is 0.319 e. The zero-order valence-corrected chi connectivity index (χ0v) is 20.3. The molecule has 11 heteroatoms.